The third-order valence-electron chi connectivity index (χ3n) is 5.99. The standard InChI is InChI=1S/C23H36BrN5O5/c1-14-16(25)23(13-32-14)8-10-28(11-9-23)15-12-26-17(24)18(27-15)29(19(30)33-21(2,3)4)20(31)34-22(5,6)7/h12,14,16H,8-11,13,25H2,1-7H3/t14-,16+/m0/s1. The van der Waals surface area contributed by atoms with Crippen LogP contribution in [-0.2, 0) is 14.2 Å². The quantitative estimate of drug-likeness (QED) is 0.585. The molecule has 2 amide bonds. The number of amides is 2. The van der Waals surface area contributed by atoms with Crippen LogP contribution in [0.3, 0.4) is 0 Å². The maximum atomic E-state index is 13.0. The zero-order chi connectivity index (χ0) is 25.5. The molecule has 0 saturated carbocycles. The van der Waals surface area contributed by atoms with Gasteiger partial charge in [-0.2, -0.15) is 4.90 Å². The summed E-state index contributed by atoms with van der Waals surface area (Å²) in [5.74, 6) is 0.557. The van der Waals surface area contributed by atoms with Crippen LogP contribution in [0.1, 0.15) is 61.3 Å². The lowest BCUT2D eigenvalue weighted by molar-refractivity contribution is 0.0428. The zero-order valence-corrected chi connectivity index (χ0v) is 22.6. The van der Waals surface area contributed by atoms with Crippen molar-refractivity contribution in [3.8, 4) is 0 Å². The van der Waals surface area contributed by atoms with E-state index in [-0.39, 0.29) is 28.0 Å². The van der Waals surface area contributed by atoms with Gasteiger partial charge in [0, 0.05) is 24.5 Å². The number of nitrogens with two attached hydrogens (primary N) is 1. The Morgan fingerprint density at radius 2 is 1.68 bits per heavy atom. The van der Waals surface area contributed by atoms with E-state index < -0.39 is 23.4 Å². The van der Waals surface area contributed by atoms with E-state index in [0.29, 0.717) is 25.5 Å². The minimum absolute atomic E-state index is 0.00367. The van der Waals surface area contributed by atoms with E-state index in [1.54, 1.807) is 47.7 Å². The number of piperidine rings is 1. The number of halogens is 1. The topological polar surface area (TPSA) is 120 Å². The number of ether oxygens (including phenoxy) is 3. The van der Waals surface area contributed by atoms with Gasteiger partial charge in [-0.3, -0.25) is 0 Å². The molecule has 1 aromatic heterocycles. The number of rotatable bonds is 2. The van der Waals surface area contributed by atoms with Gasteiger partial charge in [0.05, 0.1) is 18.9 Å². The minimum Gasteiger partial charge on any atom is -0.443 e. The Kier molecular flexibility index (Phi) is 7.50. The summed E-state index contributed by atoms with van der Waals surface area (Å²) < 4.78 is 17.0. The molecule has 0 aromatic carbocycles. The number of aromatic nitrogens is 2. The van der Waals surface area contributed by atoms with Crippen molar-refractivity contribution >= 4 is 39.8 Å². The van der Waals surface area contributed by atoms with E-state index in [4.69, 9.17) is 19.9 Å². The molecule has 3 heterocycles. The zero-order valence-electron chi connectivity index (χ0n) is 21.1. The summed E-state index contributed by atoms with van der Waals surface area (Å²) in [5, 5.41) is 0. The van der Waals surface area contributed by atoms with Gasteiger partial charge in [-0.25, -0.2) is 19.6 Å². The highest BCUT2D eigenvalue weighted by Gasteiger charge is 2.47. The Hall–Kier alpha value is -1.98. The van der Waals surface area contributed by atoms with Crippen molar-refractivity contribution in [2.45, 2.75) is 84.7 Å². The molecule has 2 saturated heterocycles. The smallest absolute Gasteiger partial charge is 0.425 e. The molecule has 0 bridgehead atoms. The second-order valence-corrected chi connectivity index (χ2v) is 11.8. The van der Waals surface area contributed by atoms with Crippen LogP contribution < -0.4 is 15.5 Å². The molecule has 2 N–H and O–H groups in total. The molecule has 2 fully saturated rings. The van der Waals surface area contributed by atoms with Crippen LogP contribution in [0.25, 0.3) is 0 Å². The fourth-order valence-corrected chi connectivity index (χ4v) is 4.54. The summed E-state index contributed by atoms with van der Waals surface area (Å²) in [6, 6.07) is -0.00367. The number of anilines is 2. The number of hydrogen-bond donors (Lipinski definition) is 1. The summed E-state index contributed by atoms with van der Waals surface area (Å²) in [7, 11) is 0. The van der Waals surface area contributed by atoms with Crippen LogP contribution in [-0.4, -0.2) is 65.2 Å². The maximum Gasteiger partial charge on any atom is 0.425 e. The lowest BCUT2D eigenvalue weighted by Gasteiger charge is -2.41. The molecule has 2 aliphatic rings. The average molecular weight is 542 g/mol. The lowest BCUT2D eigenvalue weighted by Crippen LogP contribution is -2.51. The van der Waals surface area contributed by atoms with Crippen LogP contribution >= 0.6 is 15.9 Å². The van der Waals surface area contributed by atoms with Crippen molar-refractivity contribution in [2.75, 3.05) is 29.5 Å². The third kappa shape index (κ3) is 5.98. The van der Waals surface area contributed by atoms with Crippen LogP contribution in [0.5, 0.6) is 0 Å². The molecule has 2 atom stereocenters. The molecular formula is C23H36BrN5O5. The van der Waals surface area contributed by atoms with Gasteiger partial charge in [0.2, 0.25) is 0 Å². The fourth-order valence-electron chi connectivity index (χ4n) is 4.17. The summed E-state index contributed by atoms with van der Waals surface area (Å²) in [5.41, 5.74) is 4.75. The van der Waals surface area contributed by atoms with Crippen molar-refractivity contribution in [3.05, 3.63) is 10.8 Å². The first-order chi connectivity index (χ1) is 15.6. The summed E-state index contributed by atoms with van der Waals surface area (Å²) in [4.78, 5) is 37.9. The Morgan fingerprint density at radius 3 is 2.12 bits per heavy atom. The molecule has 0 unspecified atom stereocenters. The largest absolute Gasteiger partial charge is 0.443 e. The third-order valence-corrected chi connectivity index (χ3v) is 6.55. The lowest BCUT2D eigenvalue weighted by atomic mass is 9.73. The van der Waals surface area contributed by atoms with Gasteiger partial charge in [0.1, 0.15) is 21.6 Å². The van der Waals surface area contributed by atoms with E-state index in [1.165, 1.54) is 0 Å². The second-order valence-electron chi connectivity index (χ2n) is 11.0. The van der Waals surface area contributed by atoms with E-state index in [1.807, 2.05) is 6.92 Å². The van der Waals surface area contributed by atoms with Crippen molar-refractivity contribution in [2.24, 2.45) is 11.1 Å². The number of nitrogens with zero attached hydrogens (tertiary/aromatic N) is 4. The summed E-state index contributed by atoms with van der Waals surface area (Å²) in [6.45, 7) is 14.4. The molecule has 11 heteroatoms. The van der Waals surface area contributed by atoms with Crippen molar-refractivity contribution in [1.29, 1.82) is 0 Å². The second kappa shape index (κ2) is 9.58. The molecular weight excluding hydrogens is 506 g/mol. The highest BCUT2D eigenvalue weighted by molar-refractivity contribution is 9.10. The number of carbonyl (C=O) groups excluding carboxylic acids is 2. The molecule has 1 aromatic rings. The van der Waals surface area contributed by atoms with E-state index in [9.17, 15) is 9.59 Å². The first-order valence-corrected chi connectivity index (χ1v) is 12.3. The van der Waals surface area contributed by atoms with Gasteiger partial charge >= 0.3 is 12.2 Å². The highest BCUT2D eigenvalue weighted by Crippen LogP contribution is 2.42. The summed E-state index contributed by atoms with van der Waals surface area (Å²) >= 11 is 3.33. The SMILES string of the molecule is C[C@@H]1OCC2(CCN(c3cnc(Br)c(N(C(=O)OC(C)(C)C)C(=O)OC(C)(C)C)n3)CC2)[C@@H]1N. The van der Waals surface area contributed by atoms with Crippen LogP contribution in [0.2, 0.25) is 0 Å². The molecule has 190 valence electrons. The van der Waals surface area contributed by atoms with Gasteiger partial charge in [-0.05, 0) is 77.2 Å². The van der Waals surface area contributed by atoms with E-state index in [2.05, 4.69) is 30.8 Å². The summed E-state index contributed by atoms with van der Waals surface area (Å²) in [6.07, 6.45) is 1.58. The molecule has 34 heavy (non-hydrogen) atoms. The highest BCUT2D eigenvalue weighted by atomic mass is 79.9. The molecule has 0 aliphatic carbocycles. The van der Waals surface area contributed by atoms with Gasteiger partial charge in [-0.15, -0.1) is 0 Å². The van der Waals surface area contributed by atoms with Gasteiger partial charge < -0.3 is 24.8 Å². The minimum atomic E-state index is -0.894. The van der Waals surface area contributed by atoms with E-state index in [0.717, 1.165) is 17.7 Å². The monoisotopic (exact) mass is 541 g/mol. The molecule has 10 nitrogen and oxygen atoms in total. The van der Waals surface area contributed by atoms with Crippen LogP contribution in [0.15, 0.2) is 10.8 Å². The van der Waals surface area contributed by atoms with Gasteiger partial charge in [-0.1, -0.05) is 0 Å². The maximum absolute atomic E-state index is 13.0. The molecule has 3 rings (SSSR count). The Bertz CT molecular complexity index is 893. The van der Waals surface area contributed by atoms with Crippen molar-refractivity contribution in [3.63, 3.8) is 0 Å². The Labute approximate surface area is 209 Å². The Morgan fingerprint density at radius 1 is 1.15 bits per heavy atom. The van der Waals surface area contributed by atoms with Crippen molar-refractivity contribution < 1.29 is 23.8 Å². The number of hydrogen-bond acceptors (Lipinski definition) is 9. The first kappa shape index (κ1) is 26.6. The predicted molar refractivity (Wildman–Crippen MR) is 132 cm³/mol. The fraction of sp³-hybridized carbons (Fsp3) is 0.739. The molecule has 0 radical (unpaired) electrons. The number of imide groups is 1. The first-order valence-electron chi connectivity index (χ1n) is 11.5. The average Bonchev–Trinajstić information content (AvgIpc) is 2.96. The molecule has 2 aliphatic heterocycles. The van der Waals surface area contributed by atoms with Crippen molar-refractivity contribution in [1.82, 2.24) is 9.97 Å². The van der Waals surface area contributed by atoms with Crippen LogP contribution in [0.4, 0.5) is 21.2 Å². The van der Waals surface area contributed by atoms with Gasteiger partial charge in [0.25, 0.3) is 0 Å². The number of carbonyl (C=O) groups is 2. The van der Waals surface area contributed by atoms with E-state index >= 15 is 0 Å². The van der Waals surface area contributed by atoms with Gasteiger partial charge in [0.15, 0.2) is 5.82 Å². The molecule has 1 spiro atoms. The normalized spacial score (nSPS) is 22.6. The van der Waals surface area contributed by atoms with Crippen LogP contribution in [0, 0.1) is 5.41 Å². The predicted octanol–water partition coefficient (Wildman–Crippen LogP) is 4.25. The Balaban J connectivity index is 1.88.